The summed E-state index contributed by atoms with van der Waals surface area (Å²) in [6.45, 7) is 6.53. The molecule has 88 valence electrons. The lowest BCUT2D eigenvalue weighted by Crippen LogP contribution is -2.44. The first-order chi connectivity index (χ1) is 7.66. The largest absolute Gasteiger partial charge is 0.369 e. The molecule has 0 bridgehead atoms. The molecular formula is C13H21N3. The molecule has 0 radical (unpaired) electrons. The Labute approximate surface area is 97.8 Å². The van der Waals surface area contributed by atoms with Gasteiger partial charge in [0, 0.05) is 37.9 Å². The molecule has 1 saturated heterocycles. The summed E-state index contributed by atoms with van der Waals surface area (Å²) in [5.74, 6) is 0. The predicted octanol–water partition coefficient (Wildman–Crippen LogP) is 1.46. The maximum Gasteiger partial charge on any atom is 0.0370 e. The van der Waals surface area contributed by atoms with Crippen molar-refractivity contribution in [2.45, 2.75) is 13.0 Å². The molecule has 1 atom stereocenters. The maximum absolute atomic E-state index is 5.91. The zero-order valence-electron chi connectivity index (χ0n) is 10.2. The van der Waals surface area contributed by atoms with Crippen LogP contribution in [0.5, 0.6) is 0 Å². The van der Waals surface area contributed by atoms with Gasteiger partial charge in [-0.05, 0) is 31.7 Å². The number of piperazine rings is 1. The predicted molar refractivity (Wildman–Crippen MR) is 68.8 cm³/mol. The van der Waals surface area contributed by atoms with Gasteiger partial charge in [-0.3, -0.25) is 0 Å². The molecule has 1 fully saturated rings. The summed E-state index contributed by atoms with van der Waals surface area (Å²) in [6.07, 6.45) is 0. The third kappa shape index (κ3) is 2.54. The van der Waals surface area contributed by atoms with Gasteiger partial charge in [-0.15, -0.1) is 0 Å². The molecule has 1 aromatic carbocycles. The molecule has 1 aliphatic heterocycles. The molecule has 0 aliphatic carbocycles. The summed E-state index contributed by atoms with van der Waals surface area (Å²) in [4.78, 5) is 4.80. The molecular weight excluding hydrogens is 198 g/mol. The highest BCUT2D eigenvalue weighted by atomic mass is 15.2. The van der Waals surface area contributed by atoms with Crippen LogP contribution in [0, 0.1) is 0 Å². The van der Waals surface area contributed by atoms with Crippen LogP contribution in [0.15, 0.2) is 24.3 Å². The Hall–Kier alpha value is -1.06. The van der Waals surface area contributed by atoms with E-state index < -0.39 is 0 Å². The van der Waals surface area contributed by atoms with Crippen LogP contribution < -0.4 is 10.6 Å². The molecule has 0 unspecified atom stereocenters. The molecule has 1 aromatic rings. The molecule has 3 heteroatoms. The van der Waals surface area contributed by atoms with Gasteiger partial charge in [0.25, 0.3) is 0 Å². The molecule has 0 spiro atoms. The van der Waals surface area contributed by atoms with Crippen LogP contribution in [0.25, 0.3) is 0 Å². The van der Waals surface area contributed by atoms with E-state index in [1.165, 1.54) is 11.3 Å². The van der Waals surface area contributed by atoms with Gasteiger partial charge >= 0.3 is 0 Å². The molecule has 1 aliphatic rings. The number of nitrogens with two attached hydrogens (primary N) is 1. The standard InChI is InChI=1S/C13H21N3/c1-11(14)12-4-3-5-13(10-12)16-8-6-15(2)7-9-16/h3-5,10-11H,6-9,14H2,1-2H3/t11-/m1/s1. The molecule has 0 aromatic heterocycles. The Balaban J connectivity index is 2.11. The van der Waals surface area contributed by atoms with E-state index in [0.29, 0.717) is 0 Å². The summed E-state index contributed by atoms with van der Waals surface area (Å²) in [7, 11) is 2.18. The van der Waals surface area contributed by atoms with Crippen molar-refractivity contribution in [2.24, 2.45) is 5.73 Å². The number of nitrogens with zero attached hydrogens (tertiary/aromatic N) is 2. The van der Waals surface area contributed by atoms with Crippen molar-refractivity contribution in [3.05, 3.63) is 29.8 Å². The van der Waals surface area contributed by atoms with Gasteiger partial charge in [-0.1, -0.05) is 12.1 Å². The van der Waals surface area contributed by atoms with Gasteiger partial charge in [-0.2, -0.15) is 0 Å². The minimum Gasteiger partial charge on any atom is -0.369 e. The smallest absolute Gasteiger partial charge is 0.0370 e. The van der Waals surface area contributed by atoms with Gasteiger partial charge in [0.05, 0.1) is 0 Å². The quantitative estimate of drug-likeness (QED) is 0.817. The number of hydrogen-bond acceptors (Lipinski definition) is 3. The number of hydrogen-bond donors (Lipinski definition) is 1. The fourth-order valence-corrected chi connectivity index (χ4v) is 2.07. The maximum atomic E-state index is 5.91. The molecule has 2 rings (SSSR count). The first kappa shape index (κ1) is 11.4. The normalized spacial score (nSPS) is 19.8. The lowest BCUT2D eigenvalue weighted by atomic mass is 10.1. The molecule has 2 N–H and O–H groups in total. The van der Waals surface area contributed by atoms with Crippen molar-refractivity contribution < 1.29 is 0 Å². The Morgan fingerprint density at radius 2 is 1.88 bits per heavy atom. The van der Waals surface area contributed by atoms with Crippen molar-refractivity contribution in [3.8, 4) is 0 Å². The lowest BCUT2D eigenvalue weighted by Gasteiger charge is -2.34. The number of rotatable bonds is 2. The Kier molecular flexibility index (Phi) is 3.46. The van der Waals surface area contributed by atoms with Crippen LogP contribution in [0.2, 0.25) is 0 Å². The van der Waals surface area contributed by atoms with E-state index in [4.69, 9.17) is 5.73 Å². The van der Waals surface area contributed by atoms with Crippen LogP contribution in [-0.4, -0.2) is 38.1 Å². The molecule has 3 nitrogen and oxygen atoms in total. The van der Waals surface area contributed by atoms with Crippen LogP contribution in [0.3, 0.4) is 0 Å². The van der Waals surface area contributed by atoms with Gasteiger partial charge in [-0.25, -0.2) is 0 Å². The van der Waals surface area contributed by atoms with E-state index in [0.717, 1.165) is 26.2 Å². The molecule has 16 heavy (non-hydrogen) atoms. The number of likely N-dealkylation sites (N-methyl/N-ethyl adjacent to an activating group) is 1. The second-order valence-electron chi connectivity index (χ2n) is 4.67. The van der Waals surface area contributed by atoms with E-state index in [2.05, 4.69) is 41.1 Å². The second kappa shape index (κ2) is 4.85. The van der Waals surface area contributed by atoms with Crippen LogP contribution >= 0.6 is 0 Å². The van der Waals surface area contributed by atoms with Crippen molar-refractivity contribution >= 4 is 5.69 Å². The van der Waals surface area contributed by atoms with Gasteiger partial charge < -0.3 is 15.5 Å². The van der Waals surface area contributed by atoms with Crippen LogP contribution in [0.1, 0.15) is 18.5 Å². The number of anilines is 1. The Morgan fingerprint density at radius 1 is 1.19 bits per heavy atom. The average Bonchev–Trinajstić information content (AvgIpc) is 2.30. The fourth-order valence-electron chi connectivity index (χ4n) is 2.07. The monoisotopic (exact) mass is 219 g/mol. The summed E-state index contributed by atoms with van der Waals surface area (Å²) >= 11 is 0. The summed E-state index contributed by atoms with van der Waals surface area (Å²) in [5, 5.41) is 0. The third-order valence-corrected chi connectivity index (χ3v) is 3.26. The average molecular weight is 219 g/mol. The fraction of sp³-hybridized carbons (Fsp3) is 0.538. The van der Waals surface area contributed by atoms with E-state index in [1.807, 2.05) is 6.92 Å². The van der Waals surface area contributed by atoms with E-state index in [1.54, 1.807) is 0 Å². The van der Waals surface area contributed by atoms with E-state index >= 15 is 0 Å². The van der Waals surface area contributed by atoms with Gasteiger partial charge in [0.15, 0.2) is 0 Å². The zero-order chi connectivity index (χ0) is 11.5. The van der Waals surface area contributed by atoms with Crippen molar-refractivity contribution in [3.63, 3.8) is 0 Å². The van der Waals surface area contributed by atoms with E-state index in [9.17, 15) is 0 Å². The van der Waals surface area contributed by atoms with E-state index in [-0.39, 0.29) is 6.04 Å². The van der Waals surface area contributed by atoms with Crippen molar-refractivity contribution in [1.29, 1.82) is 0 Å². The third-order valence-electron chi connectivity index (χ3n) is 3.26. The Morgan fingerprint density at radius 3 is 2.50 bits per heavy atom. The summed E-state index contributed by atoms with van der Waals surface area (Å²) in [5.41, 5.74) is 8.43. The topological polar surface area (TPSA) is 32.5 Å². The number of benzene rings is 1. The summed E-state index contributed by atoms with van der Waals surface area (Å²) in [6, 6.07) is 8.72. The molecule has 0 amide bonds. The lowest BCUT2D eigenvalue weighted by molar-refractivity contribution is 0.313. The van der Waals surface area contributed by atoms with Gasteiger partial charge in [0.2, 0.25) is 0 Å². The van der Waals surface area contributed by atoms with Crippen LogP contribution in [-0.2, 0) is 0 Å². The second-order valence-corrected chi connectivity index (χ2v) is 4.67. The SMILES string of the molecule is C[C@@H](N)c1cccc(N2CCN(C)CC2)c1. The summed E-state index contributed by atoms with van der Waals surface area (Å²) < 4.78 is 0. The van der Waals surface area contributed by atoms with Gasteiger partial charge in [0.1, 0.15) is 0 Å². The van der Waals surface area contributed by atoms with Crippen molar-refractivity contribution in [2.75, 3.05) is 38.1 Å². The first-order valence-electron chi connectivity index (χ1n) is 5.96. The first-order valence-corrected chi connectivity index (χ1v) is 5.96. The minimum absolute atomic E-state index is 0.118. The zero-order valence-corrected chi connectivity index (χ0v) is 10.2. The minimum atomic E-state index is 0.118. The van der Waals surface area contributed by atoms with Crippen molar-refractivity contribution in [1.82, 2.24) is 4.90 Å². The van der Waals surface area contributed by atoms with Crippen LogP contribution in [0.4, 0.5) is 5.69 Å². The highest BCUT2D eigenvalue weighted by Crippen LogP contribution is 2.20. The Bertz CT molecular complexity index is 341. The molecule has 1 heterocycles. The highest BCUT2D eigenvalue weighted by molar-refractivity contribution is 5.49. The highest BCUT2D eigenvalue weighted by Gasteiger charge is 2.14. The molecule has 0 saturated carbocycles.